The second kappa shape index (κ2) is 7.06. The summed E-state index contributed by atoms with van der Waals surface area (Å²) in [5.74, 6) is -0.181. The number of ketones is 1. The molecule has 1 amide bonds. The third kappa shape index (κ3) is 3.21. The average molecular weight is 364 g/mol. The van der Waals surface area contributed by atoms with Gasteiger partial charge in [0.05, 0.1) is 17.4 Å². The second-order valence-electron chi connectivity index (χ2n) is 6.62. The molecule has 3 aromatic rings. The number of piperidine rings is 1. The number of likely N-dealkylation sites (tertiary alicyclic amines) is 1. The van der Waals surface area contributed by atoms with Gasteiger partial charge in [-0.05, 0) is 31.0 Å². The molecule has 2 aromatic heterocycles. The zero-order valence-corrected chi connectivity index (χ0v) is 14.7. The number of hydrogen-bond acceptors (Lipinski definition) is 5. The highest BCUT2D eigenvalue weighted by atomic mass is 16.2. The second-order valence-corrected chi connectivity index (χ2v) is 6.62. The topological polar surface area (TPSA) is 110 Å². The van der Waals surface area contributed by atoms with E-state index in [4.69, 9.17) is 5.73 Å². The molecule has 0 saturated carbocycles. The van der Waals surface area contributed by atoms with Gasteiger partial charge in [0.25, 0.3) is 5.91 Å². The van der Waals surface area contributed by atoms with Gasteiger partial charge < -0.3 is 10.6 Å². The molecule has 1 saturated heterocycles. The number of rotatable bonds is 4. The number of nitrogens with two attached hydrogens (primary N) is 1. The van der Waals surface area contributed by atoms with Crippen molar-refractivity contribution in [3.63, 3.8) is 0 Å². The van der Waals surface area contributed by atoms with Crippen LogP contribution in [0.15, 0.2) is 48.8 Å². The summed E-state index contributed by atoms with van der Waals surface area (Å²) in [4.78, 5) is 27.2. The Morgan fingerprint density at radius 3 is 2.74 bits per heavy atom. The standard InChI is InChI=1S/C19H20N6O2/c20-18-15(11-22-25(18)14-6-2-1-3-7-14)17(26)13-5-4-10-24(12-13)19(27)16-8-9-21-23-16/h1-3,6-9,11,13H,4-5,10,12,20H2,(H,21,23)/t13-/m0/s1. The van der Waals surface area contributed by atoms with Gasteiger partial charge >= 0.3 is 0 Å². The molecule has 0 unspecified atom stereocenters. The minimum absolute atomic E-state index is 0.0724. The van der Waals surface area contributed by atoms with Crippen molar-refractivity contribution in [3.8, 4) is 5.69 Å². The predicted octanol–water partition coefficient (Wildman–Crippen LogP) is 1.91. The summed E-state index contributed by atoms with van der Waals surface area (Å²) in [5, 5.41) is 10.8. The molecule has 0 bridgehead atoms. The SMILES string of the molecule is Nc1c(C(=O)[C@H]2CCCN(C(=O)c3ccn[nH]3)C2)cnn1-c1ccccc1. The number of amides is 1. The summed E-state index contributed by atoms with van der Waals surface area (Å²) >= 11 is 0. The highest BCUT2D eigenvalue weighted by molar-refractivity contribution is 6.02. The van der Waals surface area contributed by atoms with Crippen molar-refractivity contribution in [3.05, 3.63) is 60.0 Å². The van der Waals surface area contributed by atoms with Crippen molar-refractivity contribution in [2.75, 3.05) is 18.8 Å². The van der Waals surface area contributed by atoms with Crippen LogP contribution in [0.5, 0.6) is 0 Å². The van der Waals surface area contributed by atoms with E-state index < -0.39 is 0 Å². The predicted molar refractivity (Wildman–Crippen MR) is 99.5 cm³/mol. The molecule has 1 atom stereocenters. The van der Waals surface area contributed by atoms with Gasteiger partial charge in [-0.1, -0.05) is 18.2 Å². The maximum absolute atomic E-state index is 13.0. The van der Waals surface area contributed by atoms with Gasteiger partial charge in [0.1, 0.15) is 11.5 Å². The van der Waals surface area contributed by atoms with E-state index in [1.807, 2.05) is 30.3 Å². The molecule has 27 heavy (non-hydrogen) atoms. The summed E-state index contributed by atoms with van der Waals surface area (Å²) < 4.78 is 1.56. The molecule has 0 spiro atoms. The number of hydrogen-bond donors (Lipinski definition) is 2. The van der Waals surface area contributed by atoms with Gasteiger partial charge in [0.2, 0.25) is 0 Å². The van der Waals surface area contributed by atoms with Crippen LogP contribution in [0.2, 0.25) is 0 Å². The number of H-pyrrole nitrogens is 1. The molecule has 8 nitrogen and oxygen atoms in total. The van der Waals surface area contributed by atoms with Crippen LogP contribution in [-0.2, 0) is 0 Å². The Bertz CT molecular complexity index is 948. The fourth-order valence-electron chi connectivity index (χ4n) is 3.46. The van der Waals surface area contributed by atoms with Crippen LogP contribution in [0, 0.1) is 5.92 Å². The summed E-state index contributed by atoms with van der Waals surface area (Å²) in [6.45, 7) is 0.993. The van der Waals surface area contributed by atoms with E-state index in [9.17, 15) is 9.59 Å². The van der Waals surface area contributed by atoms with Crippen LogP contribution < -0.4 is 5.73 Å². The number of nitrogen functional groups attached to an aromatic ring is 1. The number of nitrogens with zero attached hydrogens (tertiary/aromatic N) is 4. The van der Waals surface area contributed by atoms with Crippen LogP contribution in [0.3, 0.4) is 0 Å². The molecule has 1 aliphatic rings. The van der Waals surface area contributed by atoms with Gasteiger partial charge in [-0.2, -0.15) is 10.2 Å². The molecule has 8 heteroatoms. The lowest BCUT2D eigenvalue weighted by atomic mass is 9.90. The lowest BCUT2D eigenvalue weighted by Crippen LogP contribution is -2.42. The number of aromatic amines is 1. The Kier molecular flexibility index (Phi) is 4.45. The third-order valence-corrected chi connectivity index (χ3v) is 4.88. The van der Waals surface area contributed by atoms with Gasteiger partial charge in [-0.15, -0.1) is 0 Å². The van der Waals surface area contributed by atoms with Gasteiger partial charge in [0.15, 0.2) is 5.78 Å². The summed E-state index contributed by atoms with van der Waals surface area (Å²) in [6, 6.07) is 11.1. The van der Waals surface area contributed by atoms with Crippen molar-refractivity contribution < 1.29 is 9.59 Å². The zero-order chi connectivity index (χ0) is 18.8. The largest absolute Gasteiger partial charge is 0.383 e. The van der Waals surface area contributed by atoms with Crippen LogP contribution in [0.4, 0.5) is 5.82 Å². The van der Waals surface area contributed by atoms with Crippen LogP contribution in [0.25, 0.3) is 5.69 Å². The van der Waals surface area contributed by atoms with E-state index in [0.717, 1.165) is 18.5 Å². The number of carbonyl (C=O) groups is 2. The maximum atomic E-state index is 13.0. The van der Waals surface area contributed by atoms with Crippen molar-refractivity contribution in [1.82, 2.24) is 24.9 Å². The summed E-state index contributed by atoms with van der Waals surface area (Å²) in [6.07, 6.45) is 4.55. The third-order valence-electron chi connectivity index (χ3n) is 4.88. The molecule has 1 fully saturated rings. The Morgan fingerprint density at radius 1 is 1.19 bits per heavy atom. The van der Waals surface area contributed by atoms with Crippen molar-refractivity contribution >= 4 is 17.5 Å². The molecule has 1 aromatic carbocycles. The summed E-state index contributed by atoms with van der Waals surface area (Å²) in [7, 11) is 0. The van der Waals surface area contributed by atoms with Crippen LogP contribution in [0.1, 0.15) is 33.7 Å². The zero-order valence-electron chi connectivity index (χ0n) is 14.7. The maximum Gasteiger partial charge on any atom is 0.271 e. The smallest absolute Gasteiger partial charge is 0.271 e. The van der Waals surface area contributed by atoms with Crippen molar-refractivity contribution in [2.24, 2.45) is 5.92 Å². The molecule has 138 valence electrons. The van der Waals surface area contributed by atoms with Crippen LogP contribution in [-0.4, -0.2) is 49.7 Å². The van der Waals surface area contributed by atoms with E-state index in [0.29, 0.717) is 30.2 Å². The molecule has 4 rings (SSSR count). The van der Waals surface area contributed by atoms with Gasteiger partial charge in [-0.25, -0.2) is 4.68 Å². The Balaban J connectivity index is 1.53. The number of benzene rings is 1. The first-order valence-electron chi connectivity index (χ1n) is 8.87. The first kappa shape index (κ1) is 17.0. The Labute approximate surface area is 156 Å². The molecule has 1 aliphatic heterocycles. The Hall–Kier alpha value is -3.42. The molecular weight excluding hydrogens is 344 g/mol. The number of para-hydroxylation sites is 1. The number of carbonyl (C=O) groups excluding carboxylic acids is 2. The van der Waals surface area contributed by atoms with E-state index in [1.165, 1.54) is 6.20 Å². The fourth-order valence-corrected chi connectivity index (χ4v) is 3.46. The molecule has 3 heterocycles. The fraction of sp³-hybridized carbons (Fsp3) is 0.263. The highest BCUT2D eigenvalue weighted by Crippen LogP contribution is 2.25. The van der Waals surface area contributed by atoms with Crippen molar-refractivity contribution in [1.29, 1.82) is 0 Å². The number of aromatic nitrogens is 4. The number of Topliss-reactive ketones (excluding diaryl/α,β-unsaturated/α-hetero) is 1. The van der Waals surface area contributed by atoms with Gasteiger partial charge in [0, 0.05) is 25.2 Å². The number of anilines is 1. The molecular formula is C19H20N6O2. The molecule has 0 radical (unpaired) electrons. The average Bonchev–Trinajstić information content (AvgIpc) is 3.38. The first-order valence-corrected chi connectivity index (χ1v) is 8.87. The highest BCUT2D eigenvalue weighted by Gasteiger charge is 2.31. The van der Waals surface area contributed by atoms with E-state index in [2.05, 4.69) is 15.3 Å². The normalized spacial score (nSPS) is 17.0. The van der Waals surface area contributed by atoms with E-state index >= 15 is 0 Å². The quantitative estimate of drug-likeness (QED) is 0.687. The van der Waals surface area contributed by atoms with E-state index in [-0.39, 0.29) is 17.6 Å². The minimum atomic E-state index is -0.290. The monoisotopic (exact) mass is 364 g/mol. The Morgan fingerprint density at radius 2 is 2.00 bits per heavy atom. The van der Waals surface area contributed by atoms with Crippen LogP contribution >= 0.6 is 0 Å². The van der Waals surface area contributed by atoms with Crippen molar-refractivity contribution in [2.45, 2.75) is 12.8 Å². The summed E-state index contributed by atoms with van der Waals surface area (Å²) in [5.41, 5.74) is 7.83. The molecule has 3 N–H and O–H groups in total. The number of nitrogens with one attached hydrogen (secondary N) is 1. The first-order chi connectivity index (χ1) is 13.1. The lowest BCUT2D eigenvalue weighted by Gasteiger charge is -2.31. The lowest BCUT2D eigenvalue weighted by molar-refractivity contribution is 0.0632. The minimum Gasteiger partial charge on any atom is -0.383 e. The molecule has 0 aliphatic carbocycles. The van der Waals surface area contributed by atoms with E-state index in [1.54, 1.807) is 21.8 Å². The van der Waals surface area contributed by atoms with Gasteiger partial charge in [-0.3, -0.25) is 14.7 Å².